The van der Waals surface area contributed by atoms with Crippen molar-refractivity contribution in [3.63, 3.8) is 0 Å². The zero-order valence-electron chi connectivity index (χ0n) is 12.0. The van der Waals surface area contributed by atoms with Gasteiger partial charge in [-0.15, -0.1) is 0 Å². The minimum absolute atomic E-state index is 0.0635. The predicted octanol–water partition coefficient (Wildman–Crippen LogP) is 3.72. The lowest BCUT2D eigenvalue weighted by Crippen LogP contribution is -2.35. The smallest absolute Gasteiger partial charge is 0.137 e. The van der Waals surface area contributed by atoms with Gasteiger partial charge in [-0.1, -0.05) is 6.07 Å². The molecule has 0 aliphatic heterocycles. The number of halogens is 2. The predicted molar refractivity (Wildman–Crippen MR) is 82.0 cm³/mol. The molecule has 2 rings (SSSR count). The summed E-state index contributed by atoms with van der Waals surface area (Å²) >= 11 is 3.21. The number of nitrogens with one attached hydrogen (secondary N) is 1. The summed E-state index contributed by atoms with van der Waals surface area (Å²) in [5, 5.41) is 7.77. The van der Waals surface area contributed by atoms with E-state index in [0.717, 1.165) is 17.8 Å². The highest BCUT2D eigenvalue weighted by atomic mass is 79.9. The van der Waals surface area contributed by atoms with Gasteiger partial charge in [-0.2, -0.15) is 5.10 Å². The summed E-state index contributed by atoms with van der Waals surface area (Å²) in [7, 11) is 0. The number of hydrogen-bond donors (Lipinski definition) is 1. The van der Waals surface area contributed by atoms with Crippen LogP contribution in [0.3, 0.4) is 0 Å². The Labute approximate surface area is 127 Å². The molecule has 0 aliphatic rings. The van der Waals surface area contributed by atoms with Crippen LogP contribution in [-0.2, 0) is 13.1 Å². The van der Waals surface area contributed by atoms with Gasteiger partial charge >= 0.3 is 0 Å². The van der Waals surface area contributed by atoms with Crippen LogP contribution in [0.1, 0.15) is 32.0 Å². The number of nitrogens with zero attached hydrogens (tertiary/aromatic N) is 2. The summed E-state index contributed by atoms with van der Waals surface area (Å²) in [6.07, 6.45) is 1.79. The molecule has 1 heterocycles. The second kappa shape index (κ2) is 6.06. The standard InChI is InChI=1S/C15H19BrFN3/c1-15(2,3)18-9-12-6-7-19-20(12)10-11-4-5-14(17)13(16)8-11/h4-8,18H,9-10H2,1-3H3. The molecule has 0 saturated heterocycles. The number of rotatable bonds is 4. The van der Waals surface area contributed by atoms with Crippen LogP contribution in [0.2, 0.25) is 0 Å². The van der Waals surface area contributed by atoms with Crippen molar-refractivity contribution in [2.45, 2.75) is 39.4 Å². The summed E-state index contributed by atoms with van der Waals surface area (Å²) in [4.78, 5) is 0. The summed E-state index contributed by atoms with van der Waals surface area (Å²) in [6.45, 7) is 7.78. The van der Waals surface area contributed by atoms with Crippen LogP contribution in [0, 0.1) is 5.82 Å². The van der Waals surface area contributed by atoms with E-state index in [-0.39, 0.29) is 11.4 Å². The minimum Gasteiger partial charge on any atom is -0.306 e. The quantitative estimate of drug-likeness (QED) is 0.919. The first-order valence-corrected chi connectivity index (χ1v) is 7.34. The second-order valence-corrected chi connectivity index (χ2v) is 6.69. The molecule has 0 spiro atoms. The molecule has 1 aromatic carbocycles. The summed E-state index contributed by atoms with van der Waals surface area (Å²) in [6, 6.07) is 7.04. The molecule has 20 heavy (non-hydrogen) atoms. The van der Waals surface area contributed by atoms with E-state index < -0.39 is 0 Å². The molecule has 0 bridgehead atoms. The lowest BCUT2D eigenvalue weighted by molar-refractivity contribution is 0.414. The van der Waals surface area contributed by atoms with Gasteiger partial charge in [0.2, 0.25) is 0 Å². The molecule has 5 heteroatoms. The Hall–Kier alpha value is -1.20. The zero-order chi connectivity index (χ0) is 14.8. The number of aromatic nitrogens is 2. The third-order valence-electron chi connectivity index (χ3n) is 2.92. The van der Waals surface area contributed by atoms with Crippen molar-refractivity contribution < 1.29 is 4.39 Å². The highest BCUT2D eigenvalue weighted by molar-refractivity contribution is 9.10. The van der Waals surface area contributed by atoms with Crippen LogP contribution in [0.5, 0.6) is 0 Å². The van der Waals surface area contributed by atoms with Crippen molar-refractivity contribution >= 4 is 15.9 Å². The van der Waals surface area contributed by atoms with E-state index in [0.29, 0.717) is 11.0 Å². The molecule has 1 N–H and O–H groups in total. The topological polar surface area (TPSA) is 29.9 Å². The molecule has 0 saturated carbocycles. The zero-order valence-corrected chi connectivity index (χ0v) is 13.5. The first kappa shape index (κ1) is 15.2. The highest BCUT2D eigenvalue weighted by Gasteiger charge is 2.11. The van der Waals surface area contributed by atoms with Crippen LogP contribution in [-0.4, -0.2) is 15.3 Å². The lowest BCUT2D eigenvalue weighted by Gasteiger charge is -2.20. The Balaban J connectivity index is 2.10. The third kappa shape index (κ3) is 4.15. The van der Waals surface area contributed by atoms with Crippen LogP contribution in [0.25, 0.3) is 0 Å². The molecule has 1 aromatic heterocycles. The molecule has 0 aliphatic carbocycles. The lowest BCUT2D eigenvalue weighted by atomic mass is 10.1. The van der Waals surface area contributed by atoms with E-state index in [4.69, 9.17) is 0 Å². The van der Waals surface area contributed by atoms with Gasteiger partial charge < -0.3 is 5.32 Å². The Kier molecular flexibility index (Phi) is 4.60. The Morgan fingerprint density at radius 1 is 1.30 bits per heavy atom. The largest absolute Gasteiger partial charge is 0.306 e. The van der Waals surface area contributed by atoms with E-state index >= 15 is 0 Å². The van der Waals surface area contributed by atoms with Crippen molar-refractivity contribution in [3.8, 4) is 0 Å². The van der Waals surface area contributed by atoms with Crippen LogP contribution in [0.15, 0.2) is 34.9 Å². The van der Waals surface area contributed by atoms with Gasteiger partial charge in [0.15, 0.2) is 0 Å². The SMILES string of the molecule is CC(C)(C)NCc1ccnn1Cc1ccc(F)c(Br)c1. The molecule has 0 atom stereocenters. The molecule has 0 radical (unpaired) electrons. The Bertz CT molecular complexity index is 587. The first-order chi connectivity index (χ1) is 9.35. The average Bonchev–Trinajstić information content (AvgIpc) is 2.78. The maximum atomic E-state index is 13.2. The van der Waals surface area contributed by atoms with Gasteiger partial charge in [0.05, 0.1) is 16.7 Å². The van der Waals surface area contributed by atoms with Crippen molar-refractivity contribution in [3.05, 3.63) is 52.0 Å². The fraction of sp³-hybridized carbons (Fsp3) is 0.400. The Morgan fingerprint density at radius 3 is 2.70 bits per heavy atom. The molecule has 0 amide bonds. The van der Waals surface area contributed by atoms with E-state index in [1.54, 1.807) is 18.3 Å². The maximum absolute atomic E-state index is 13.2. The van der Waals surface area contributed by atoms with Crippen LogP contribution < -0.4 is 5.32 Å². The van der Waals surface area contributed by atoms with Gasteiger partial charge in [0.25, 0.3) is 0 Å². The van der Waals surface area contributed by atoms with E-state index in [2.05, 4.69) is 47.1 Å². The summed E-state index contributed by atoms with van der Waals surface area (Å²) in [5.41, 5.74) is 2.19. The highest BCUT2D eigenvalue weighted by Crippen LogP contribution is 2.18. The number of hydrogen-bond acceptors (Lipinski definition) is 2. The van der Waals surface area contributed by atoms with Gasteiger partial charge in [0.1, 0.15) is 5.82 Å². The second-order valence-electron chi connectivity index (χ2n) is 5.83. The van der Waals surface area contributed by atoms with Crippen LogP contribution >= 0.6 is 15.9 Å². The molecule has 3 nitrogen and oxygen atoms in total. The molecule has 2 aromatic rings. The van der Waals surface area contributed by atoms with Crippen molar-refractivity contribution in [1.29, 1.82) is 0 Å². The van der Waals surface area contributed by atoms with E-state index in [9.17, 15) is 4.39 Å². The average molecular weight is 340 g/mol. The molecule has 108 valence electrons. The van der Waals surface area contributed by atoms with Gasteiger partial charge in [-0.3, -0.25) is 4.68 Å². The molecule has 0 unspecified atom stereocenters. The fourth-order valence-corrected chi connectivity index (χ4v) is 2.25. The normalized spacial score (nSPS) is 11.8. The molecular formula is C15H19BrFN3. The van der Waals surface area contributed by atoms with Crippen molar-refractivity contribution in [1.82, 2.24) is 15.1 Å². The summed E-state index contributed by atoms with van der Waals surface area (Å²) in [5.74, 6) is -0.246. The molecule has 0 fully saturated rings. The fourth-order valence-electron chi connectivity index (χ4n) is 1.82. The van der Waals surface area contributed by atoms with Crippen molar-refractivity contribution in [2.75, 3.05) is 0 Å². The monoisotopic (exact) mass is 339 g/mol. The number of benzene rings is 1. The van der Waals surface area contributed by atoms with Crippen LogP contribution in [0.4, 0.5) is 4.39 Å². The van der Waals surface area contributed by atoms with E-state index in [1.807, 2.05) is 10.7 Å². The van der Waals surface area contributed by atoms with Crippen molar-refractivity contribution in [2.24, 2.45) is 0 Å². The minimum atomic E-state index is -0.246. The Morgan fingerprint density at radius 2 is 2.05 bits per heavy atom. The van der Waals surface area contributed by atoms with Gasteiger partial charge in [-0.25, -0.2) is 4.39 Å². The van der Waals surface area contributed by atoms with E-state index in [1.165, 1.54) is 6.07 Å². The molecular weight excluding hydrogens is 321 g/mol. The first-order valence-electron chi connectivity index (χ1n) is 6.55. The van der Waals surface area contributed by atoms with Gasteiger partial charge in [-0.05, 0) is 60.5 Å². The van der Waals surface area contributed by atoms with Gasteiger partial charge in [0, 0.05) is 18.3 Å². The summed E-state index contributed by atoms with van der Waals surface area (Å²) < 4.78 is 15.6. The maximum Gasteiger partial charge on any atom is 0.137 e. The third-order valence-corrected chi connectivity index (χ3v) is 3.53.